The van der Waals surface area contributed by atoms with Crippen LogP contribution in [-0.4, -0.2) is 24.6 Å². The van der Waals surface area contributed by atoms with Gasteiger partial charge in [0.25, 0.3) is 0 Å². The highest BCUT2D eigenvalue weighted by molar-refractivity contribution is 6.39. The Bertz CT molecular complexity index is 1200. The maximum Gasteiger partial charge on any atom is 0.329 e. The largest absolute Gasteiger partial charge is 0.490 e. The average Bonchev–Trinajstić information content (AvgIpc) is 2.82. The topological polar surface area (TPSA) is 89.0 Å². The molecule has 7 nitrogen and oxygen atoms in total. The summed E-state index contributed by atoms with van der Waals surface area (Å²) in [5, 5.41) is 7.46. The molecule has 0 aliphatic carbocycles. The number of carbonyl (C=O) groups excluding carboxylic acids is 2. The molecular weight excluding hydrogens is 477 g/mol. The van der Waals surface area contributed by atoms with Gasteiger partial charge in [0.1, 0.15) is 6.61 Å². The molecule has 2 amide bonds. The smallest absolute Gasteiger partial charge is 0.329 e. The van der Waals surface area contributed by atoms with Gasteiger partial charge in [-0.2, -0.15) is 5.10 Å². The number of rotatable bonds is 8. The Balaban J connectivity index is 1.59. The van der Waals surface area contributed by atoms with Crippen LogP contribution < -0.4 is 20.2 Å². The summed E-state index contributed by atoms with van der Waals surface area (Å²) in [6, 6.07) is 17.6. The lowest BCUT2D eigenvalue weighted by Gasteiger charge is -2.12. The van der Waals surface area contributed by atoms with Crippen molar-refractivity contribution in [1.82, 2.24) is 5.43 Å². The number of halogens is 2. The molecule has 3 rings (SSSR count). The van der Waals surface area contributed by atoms with Crippen LogP contribution in [0.4, 0.5) is 5.69 Å². The van der Waals surface area contributed by atoms with Crippen LogP contribution in [0.5, 0.6) is 11.5 Å². The number of nitrogens with one attached hydrogen (secondary N) is 2. The zero-order valence-corrected chi connectivity index (χ0v) is 20.1. The summed E-state index contributed by atoms with van der Waals surface area (Å²) in [5.74, 6) is -0.686. The normalized spacial score (nSPS) is 10.7. The van der Waals surface area contributed by atoms with Gasteiger partial charge >= 0.3 is 11.8 Å². The number of carbonyl (C=O) groups is 2. The molecule has 0 aliphatic rings. The Morgan fingerprint density at radius 2 is 1.71 bits per heavy atom. The highest BCUT2D eigenvalue weighted by atomic mass is 35.5. The van der Waals surface area contributed by atoms with Crippen molar-refractivity contribution in [2.45, 2.75) is 20.5 Å². The number of benzene rings is 3. The molecule has 0 aromatic heterocycles. The van der Waals surface area contributed by atoms with Crippen LogP contribution in [-0.2, 0) is 16.2 Å². The van der Waals surface area contributed by atoms with Crippen molar-refractivity contribution in [2.75, 3.05) is 11.9 Å². The number of hydrazone groups is 1. The van der Waals surface area contributed by atoms with Gasteiger partial charge in [-0.05, 0) is 73.0 Å². The van der Waals surface area contributed by atoms with Crippen molar-refractivity contribution in [1.29, 1.82) is 0 Å². The fourth-order valence-corrected chi connectivity index (χ4v) is 3.12. The molecule has 176 valence electrons. The molecule has 0 bridgehead atoms. The molecule has 0 fully saturated rings. The van der Waals surface area contributed by atoms with Gasteiger partial charge < -0.3 is 14.8 Å². The second-order valence-electron chi connectivity index (χ2n) is 7.17. The lowest BCUT2D eigenvalue weighted by molar-refractivity contribution is -0.136. The predicted molar refractivity (Wildman–Crippen MR) is 134 cm³/mol. The maximum absolute atomic E-state index is 12.1. The number of nitrogens with zero attached hydrogens (tertiary/aromatic N) is 1. The minimum Gasteiger partial charge on any atom is -0.490 e. The Morgan fingerprint density at radius 1 is 0.941 bits per heavy atom. The third-order valence-corrected chi connectivity index (χ3v) is 5.25. The summed E-state index contributed by atoms with van der Waals surface area (Å²) in [5.41, 5.74) is 5.08. The van der Waals surface area contributed by atoms with E-state index in [4.69, 9.17) is 32.7 Å². The minimum absolute atomic E-state index is 0.349. The average molecular weight is 500 g/mol. The van der Waals surface area contributed by atoms with Crippen LogP contribution in [0.25, 0.3) is 0 Å². The summed E-state index contributed by atoms with van der Waals surface area (Å²) in [6.45, 7) is 4.49. The first kappa shape index (κ1) is 25.1. The third kappa shape index (κ3) is 7.23. The SMILES string of the molecule is CCOc1cc(C=NNC(=O)C(=O)Nc2ccc(C)c(Cl)c2)ccc1OCc1ccc(Cl)cc1. The van der Waals surface area contributed by atoms with Gasteiger partial charge in [-0.25, -0.2) is 5.43 Å². The van der Waals surface area contributed by atoms with Gasteiger partial charge in [0.2, 0.25) is 0 Å². The van der Waals surface area contributed by atoms with Crippen molar-refractivity contribution in [2.24, 2.45) is 5.10 Å². The van der Waals surface area contributed by atoms with E-state index in [0.717, 1.165) is 11.1 Å². The number of hydrogen-bond donors (Lipinski definition) is 2. The molecule has 3 aromatic carbocycles. The Hall–Kier alpha value is -3.55. The molecule has 3 aromatic rings. The Labute approximate surface area is 207 Å². The molecule has 0 aliphatic heterocycles. The van der Waals surface area contributed by atoms with E-state index >= 15 is 0 Å². The van der Waals surface area contributed by atoms with Gasteiger partial charge in [0.15, 0.2) is 11.5 Å². The number of amides is 2. The quantitative estimate of drug-likeness (QED) is 0.247. The molecule has 2 N–H and O–H groups in total. The van der Waals surface area contributed by atoms with Crippen molar-refractivity contribution in [3.63, 3.8) is 0 Å². The summed E-state index contributed by atoms with van der Waals surface area (Å²) in [7, 11) is 0. The second kappa shape index (κ2) is 12.1. The van der Waals surface area contributed by atoms with Crippen LogP contribution in [0.2, 0.25) is 10.0 Å². The molecule has 0 saturated carbocycles. The molecule has 34 heavy (non-hydrogen) atoms. The van der Waals surface area contributed by atoms with E-state index in [1.54, 1.807) is 48.5 Å². The molecule has 0 radical (unpaired) electrons. The summed E-state index contributed by atoms with van der Waals surface area (Å²) in [4.78, 5) is 24.1. The molecule has 0 heterocycles. The lowest BCUT2D eigenvalue weighted by Crippen LogP contribution is -2.32. The first-order valence-electron chi connectivity index (χ1n) is 10.4. The van der Waals surface area contributed by atoms with E-state index in [1.807, 2.05) is 26.0 Å². The molecule has 0 unspecified atom stereocenters. The fraction of sp³-hybridized carbons (Fsp3) is 0.160. The zero-order chi connectivity index (χ0) is 24.5. The van der Waals surface area contributed by atoms with Crippen molar-refractivity contribution < 1.29 is 19.1 Å². The monoisotopic (exact) mass is 499 g/mol. The van der Waals surface area contributed by atoms with Crippen LogP contribution in [0.1, 0.15) is 23.6 Å². The molecule has 0 atom stereocenters. The van der Waals surface area contributed by atoms with E-state index in [2.05, 4.69) is 15.8 Å². The predicted octanol–water partition coefficient (Wildman–Crippen LogP) is 5.37. The van der Waals surface area contributed by atoms with E-state index in [9.17, 15) is 9.59 Å². The number of hydrogen-bond acceptors (Lipinski definition) is 5. The van der Waals surface area contributed by atoms with Crippen LogP contribution >= 0.6 is 23.2 Å². The van der Waals surface area contributed by atoms with Crippen LogP contribution in [0.15, 0.2) is 65.8 Å². The second-order valence-corrected chi connectivity index (χ2v) is 8.02. The number of aryl methyl sites for hydroxylation is 1. The molecule has 0 spiro atoms. The fourth-order valence-electron chi connectivity index (χ4n) is 2.81. The highest BCUT2D eigenvalue weighted by Gasteiger charge is 2.13. The molecule has 9 heteroatoms. The van der Waals surface area contributed by atoms with E-state index in [-0.39, 0.29) is 0 Å². The van der Waals surface area contributed by atoms with Crippen molar-refractivity contribution in [3.8, 4) is 11.5 Å². The van der Waals surface area contributed by atoms with Gasteiger partial charge in [0.05, 0.1) is 12.8 Å². The first-order chi connectivity index (χ1) is 16.4. The summed E-state index contributed by atoms with van der Waals surface area (Å²) in [6.07, 6.45) is 1.40. The third-order valence-electron chi connectivity index (χ3n) is 4.59. The van der Waals surface area contributed by atoms with Gasteiger partial charge in [-0.1, -0.05) is 41.4 Å². The van der Waals surface area contributed by atoms with E-state index < -0.39 is 11.8 Å². The van der Waals surface area contributed by atoms with Crippen LogP contribution in [0, 0.1) is 6.92 Å². The molecular formula is C25H23Cl2N3O4. The number of anilines is 1. The first-order valence-corrected chi connectivity index (χ1v) is 11.2. The van der Waals surface area contributed by atoms with Crippen LogP contribution in [0.3, 0.4) is 0 Å². The van der Waals surface area contributed by atoms with Crippen molar-refractivity contribution >= 4 is 46.9 Å². The highest BCUT2D eigenvalue weighted by Crippen LogP contribution is 2.29. The van der Waals surface area contributed by atoms with E-state index in [0.29, 0.717) is 46.0 Å². The standard InChI is InChI=1S/C25H23Cl2N3O4/c1-3-33-23-12-18(7-11-22(23)34-15-17-5-8-19(26)9-6-17)14-28-30-25(32)24(31)29-20-10-4-16(2)21(27)13-20/h4-14H,3,15H2,1-2H3,(H,29,31)(H,30,32). The van der Waals surface area contributed by atoms with Gasteiger partial charge in [-0.15, -0.1) is 0 Å². The minimum atomic E-state index is -0.916. The molecule has 0 saturated heterocycles. The van der Waals surface area contributed by atoms with Crippen molar-refractivity contribution in [3.05, 3.63) is 87.4 Å². The lowest BCUT2D eigenvalue weighted by atomic mass is 10.2. The Morgan fingerprint density at radius 3 is 2.41 bits per heavy atom. The van der Waals surface area contributed by atoms with Gasteiger partial charge in [0, 0.05) is 15.7 Å². The van der Waals surface area contributed by atoms with E-state index in [1.165, 1.54) is 6.21 Å². The number of ether oxygens (including phenoxy) is 2. The summed E-state index contributed by atoms with van der Waals surface area (Å²) >= 11 is 11.9. The maximum atomic E-state index is 12.1. The van der Waals surface area contributed by atoms with Gasteiger partial charge in [-0.3, -0.25) is 9.59 Å². The summed E-state index contributed by atoms with van der Waals surface area (Å²) < 4.78 is 11.5. The zero-order valence-electron chi connectivity index (χ0n) is 18.6. The Kier molecular flexibility index (Phi) is 8.90.